The van der Waals surface area contributed by atoms with Gasteiger partial charge in [0.15, 0.2) is 0 Å². The van der Waals surface area contributed by atoms with E-state index in [9.17, 15) is 19.5 Å². The van der Waals surface area contributed by atoms with Gasteiger partial charge in [-0.25, -0.2) is 0 Å². The number of nitrogens with zero attached hydrogens (tertiary/aromatic N) is 3. The van der Waals surface area contributed by atoms with E-state index in [0.29, 0.717) is 39.0 Å². The van der Waals surface area contributed by atoms with Crippen molar-refractivity contribution in [2.75, 3.05) is 26.2 Å². The van der Waals surface area contributed by atoms with Gasteiger partial charge >= 0.3 is 0 Å². The molecule has 0 aromatic heterocycles. The Morgan fingerprint density at radius 1 is 1.07 bits per heavy atom. The number of aliphatic hydroxyl groups excluding tert-OH is 1. The van der Waals surface area contributed by atoms with Gasteiger partial charge in [0.1, 0.15) is 6.04 Å². The third-order valence-corrected chi connectivity index (χ3v) is 12.1. The van der Waals surface area contributed by atoms with Crippen molar-refractivity contribution < 1.29 is 19.5 Å². The van der Waals surface area contributed by atoms with Crippen molar-refractivity contribution in [2.45, 2.75) is 86.9 Å². The highest BCUT2D eigenvalue weighted by atomic mass is 32.2. The summed E-state index contributed by atoms with van der Waals surface area (Å²) in [5.74, 6) is -0.938. The van der Waals surface area contributed by atoms with Gasteiger partial charge in [0, 0.05) is 44.1 Å². The van der Waals surface area contributed by atoms with Crippen LogP contribution >= 0.6 is 11.8 Å². The van der Waals surface area contributed by atoms with E-state index >= 15 is 0 Å². The van der Waals surface area contributed by atoms with Gasteiger partial charge in [-0.3, -0.25) is 14.4 Å². The van der Waals surface area contributed by atoms with Crippen molar-refractivity contribution in [1.82, 2.24) is 14.7 Å². The minimum absolute atomic E-state index is 0.00182. The molecule has 3 aliphatic heterocycles. The number of fused-ring (bicyclic) bond motifs is 1. The van der Waals surface area contributed by atoms with E-state index in [0.717, 1.165) is 37.7 Å². The number of hydrogen-bond donors (Lipinski definition) is 1. The average molecular weight is 594 g/mol. The molecule has 3 amide bonds. The fraction of sp³-hybridized carbons (Fsp3) is 0.618. The molecule has 5 rings (SSSR count). The summed E-state index contributed by atoms with van der Waals surface area (Å²) in [7, 11) is 0. The summed E-state index contributed by atoms with van der Waals surface area (Å²) in [5.41, 5.74) is 1.04. The Labute approximate surface area is 255 Å². The van der Waals surface area contributed by atoms with Gasteiger partial charge in [-0.2, -0.15) is 0 Å². The van der Waals surface area contributed by atoms with Gasteiger partial charge in [0.25, 0.3) is 0 Å². The van der Waals surface area contributed by atoms with Gasteiger partial charge in [-0.15, -0.1) is 24.9 Å². The number of carbonyl (C=O) groups is 3. The van der Waals surface area contributed by atoms with Crippen LogP contribution in [-0.4, -0.2) is 85.8 Å². The lowest BCUT2D eigenvalue weighted by molar-refractivity contribution is -0.145. The quantitative estimate of drug-likeness (QED) is 0.266. The van der Waals surface area contributed by atoms with E-state index in [1.165, 1.54) is 6.42 Å². The number of likely N-dealkylation sites (tertiary alicyclic amines) is 1. The molecule has 1 aromatic rings. The minimum atomic E-state index is -0.640. The van der Waals surface area contributed by atoms with E-state index in [1.807, 2.05) is 45.0 Å². The first kappa shape index (κ1) is 30.9. The van der Waals surface area contributed by atoms with Gasteiger partial charge in [0.2, 0.25) is 17.7 Å². The highest BCUT2D eigenvalue weighted by molar-refractivity contribution is 8.02. The molecule has 4 aliphatic rings. The van der Waals surface area contributed by atoms with Crippen LogP contribution in [0, 0.1) is 17.8 Å². The minimum Gasteiger partial charge on any atom is -0.396 e. The Bertz CT molecular complexity index is 1150. The third-order valence-electron chi connectivity index (χ3n) is 10.1. The lowest BCUT2D eigenvalue weighted by atomic mass is 9.65. The first-order chi connectivity index (χ1) is 20.4. The lowest BCUT2D eigenvalue weighted by Crippen LogP contribution is -2.59. The second-order valence-corrected chi connectivity index (χ2v) is 14.1. The molecule has 228 valence electrons. The molecule has 3 heterocycles. The number of amides is 3. The predicted molar refractivity (Wildman–Crippen MR) is 168 cm³/mol. The van der Waals surface area contributed by atoms with Crippen molar-refractivity contribution in [3.05, 3.63) is 61.2 Å². The normalized spacial score (nSPS) is 30.3. The van der Waals surface area contributed by atoms with Crippen LogP contribution in [0.5, 0.6) is 0 Å². The van der Waals surface area contributed by atoms with Gasteiger partial charge in [-0.1, -0.05) is 68.7 Å². The fourth-order valence-electron chi connectivity index (χ4n) is 8.23. The predicted octanol–water partition coefficient (Wildman–Crippen LogP) is 4.66. The molecule has 1 aliphatic carbocycles. The zero-order valence-electron chi connectivity index (χ0n) is 25.0. The van der Waals surface area contributed by atoms with Crippen LogP contribution in [0.1, 0.15) is 63.9 Å². The van der Waals surface area contributed by atoms with E-state index in [1.54, 1.807) is 23.9 Å². The Balaban J connectivity index is 1.51. The summed E-state index contributed by atoms with van der Waals surface area (Å²) in [5, 5.41) is 9.51. The first-order valence-corrected chi connectivity index (χ1v) is 16.7. The molecule has 3 unspecified atom stereocenters. The summed E-state index contributed by atoms with van der Waals surface area (Å²) >= 11 is 1.74. The summed E-state index contributed by atoms with van der Waals surface area (Å²) in [6.45, 7) is 11.8. The second-order valence-electron chi connectivity index (χ2n) is 12.6. The third kappa shape index (κ3) is 5.45. The molecule has 42 heavy (non-hydrogen) atoms. The average Bonchev–Trinajstić information content (AvgIpc) is 3.59. The smallest absolute Gasteiger partial charge is 0.247 e. The SMILES string of the molecule is C=CCN(Cc1ccccc1)C(=O)[C@@H]1[C@H]2C(=O)N(CCCCO)C(C(=O)N(CC=C)C3CCCCC3)C23S[C@@H]1CC3C. The van der Waals surface area contributed by atoms with Crippen molar-refractivity contribution in [3.63, 3.8) is 0 Å². The highest BCUT2D eigenvalue weighted by Gasteiger charge is 2.76. The lowest BCUT2D eigenvalue weighted by Gasteiger charge is -2.43. The molecule has 7 nitrogen and oxygen atoms in total. The van der Waals surface area contributed by atoms with Gasteiger partial charge < -0.3 is 19.8 Å². The van der Waals surface area contributed by atoms with Gasteiger partial charge in [-0.05, 0) is 43.6 Å². The topological polar surface area (TPSA) is 81.2 Å². The molecule has 4 fully saturated rings. The van der Waals surface area contributed by atoms with Gasteiger partial charge in [0.05, 0.1) is 16.6 Å². The van der Waals surface area contributed by atoms with Crippen LogP contribution in [0.2, 0.25) is 0 Å². The summed E-state index contributed by atoms with van der Waals surface area (Å²) < 4.78 is -0.640. The molecule has 1 aromatic carbocycles. The molecule has 0 radical (unpaired) electrons. The molecule has 2 bridgehead atoms. The Hall–Kier alpha value is -2.58. The van der Waals surface area contributed by atoms with Crippen molar-refractivity contribution >= 4 is 29.5 Å². The van der Waals surface area contributed by atoms with Crippen LogP contribution in [0.15, 0.2) is 55.6 Å². The van der Waals surface area contributed by atoms with Crippen molar-refractivity contribution in [3.8, 4) is 0 Å². The van der Waals surface area contributed by atoms with E-state index in [4.69, 9.17) is 0 Å². The Kier molecular flexibility index (Phi) is 9.83. The number of rotatable bonds is 13. The zero-order valence-corrected chi connectivity index (χ0v) is 25.9. The van der Waals surface area contributed by atoms with E-state index in [-0.39, 0.29) is 41.5 Å². The maximum atomic E-state index is 14.8. The summed E-state index contributed by atoms with van der Waals surface area (Å²) in [6.07, 6.45) is 10.9. The van der Waals surface area contributed by atoms with E-state index < -0.39 is 22.6 Å². The van der Waals surface area contributed by atoms with Crippen molar-refractivity contribution in [2.24, 2.45) is 17.8 Å². The number of carbonyl (C=O) groups excluding carboxylic acids is 3. The van der Waals surface area contributed by atoms with Crippen LogP contribution in [0.25, 0.3) is 0 Å². The molecular formula is C34H47N3O4S. The number of thioether (sulfide) groups is 1. The molecule has 3 saturated heterocycles. The molecular weight excluding hydrogens is 546 g/mol. The maximum absolute atomic E-state index is 14.8. The maximum Gasteiger partial charge on any atom is 0.247 e. The molecule has 1 N–H and O–H groups in total. The standard InChI is InChI=1S/C34H47N3O4S/c1-4-18-35(23-25-14-8-6-9-15-25)31(39)28-27-22-24(3)34(42-27)29(28)32(40)37(20-12-13-21-38)30(34)33(41)36(19-5-2)26-16-10-7-11-17-26/h4-6,8-9,14-15,24,26-30,38H,1-2,7,10-13,16-23H2,3H3/t24?,27-,28+,29+,30?,34?/m1/s1. The summed E-state index contributed by atoms with van der Waals surface area (Å²) in [6, 6.07) is 9.47. The molecule has 1 spiro atoms. The second kappa shape index (κ2) is 13.4. The Morgan fingerprint density at radius 2 is 1.79 bits per heavy atom. The molecule has 1 saturated carbocycles. The fourth-order valence-corrected chi connectivity index (χ4v) is 10.6. The van der Waals surface area contributed by atoms with Crippen LogP contribution in [-0.2, 0) is 20.9 Å². The number of hydrogen-bond acceptors (Lipinski definition) is 5. The molecule has 8 heteroatoms. The number of benzene rings is 1. The van der Waals surface area contributed by atoms with Crippen LogP contribution < -0.4 is 0 Å². The first-order valence-electron chi connectivity index (χ1n) is 15.8. The van der Waals surface area contributed by atoms with Crippen LogP contribution in [0.4, 0.5) is 0 Å². The zero-order chi connectivity index (χ0) is 29.9. The summed E-state index contributed by atoms with van der Waals surface area (Å²) in [4.78, 5) is 49.3. The highest BCUT2D eigenvalue weighted by Crippen LogP contribution is 2.69. The number of aliphatic hydroxyl groups is 1. The number of unbranched alkanes of at least 4 members (excludes halogenated alkanes) is 1. The largest absolute Gasteiger partial charge is 0.396 e. The molecule has 6 atom stereocenters. The van der Waals surface area contributed by atoms with E-state index in [2.05, 4.69) is 20.1 Å². The van der Waals surface area contributed by atoms with Crippen LogP contribution in [0.3, 0.4) is 0 Å². The monoisotopic (exact) mass is 593 g/mol. The van der Waals surface area contributed by atoms with Crippen molar-refractivity contribution in [1.29, 1.82) is 0 Å². The Morgan fingerprint density at radius 3 is 2.45 bits per heavy atom.